The van der Waals surface area contributed by atoms with Crippen LogP contribution >= 0.6 is 0 Å². The Morgan fingerprint density at radius 1 is 1.13 bits per heavy atom. The van der Waals surface area contributed by atoms with Crippen LogP contribution in [0.4, 0.5) is 21.9 Å². The molecular weight excluding hydrogens is 286 g/mol. The summed E-state index contributed by atoms with van der Waals surface area (Å²) in [7, 11) is 0. The van der Waals surface area contributed by atoms with E-state index < -0.39 is 0 Å². The van der Waals surface area contributed by atoms with Gasteiger partial charge in [-0.15, -0.1) is 0 Å². The van der Waals surface area contributed by atoms with Crippen LogP contribution in [0.5, 0.6) is 0 Å². The maximum Gasteiger partial charge on any atom is 0.326 e. The number of amides is 2. The Morgan fingerprint density at radius 3 is 2.78 bits per heavy atom. The molecular formula is C19H21N3O. The van der Waals surface area contributed by atoms with E-state index in [0.29, 0.717) is 6.04 Å². The third-order valence-corrected chi connectivity index (χ3v) is 4.77. The lowest BCUT2D eigenvalue weighted by Gasteiger charge is -2.40. The van der Waals surface area contributed by atoms with Crippen molar-refractivity contribution in [1.82, 2.24) is 0 Å². The number of fused-ring (bicyclic) bond motifs is 3. The van der Waals surface area contributed by atoms with E-state index in [1.807, 2.05) is 48.2 Å². The zero-order valence-corrected chi connectivity index (χ0v) is 13.3. The van der Waals surface area contributed by atoms with Crippen LogP contribution in [0, 0.1) is 6.92 Å². The normalized spacial score (nSPS) is 19.3. The van der Waals surface area contributed by atoms with Gasteiger partial charge >= 0.3 is 6.03 Å². The predicted molar refractivity (Wildman–Crippen MR) is 94.4 cm³/mol. The Balaban J connectivity index is 1.63. The average molecular weight is 307 g/mol. The van der Waals surface area contributed by atoms with Crippen LogP contribution in [0.3, 0.4) is 0 Å². The zero-order valence-electron chi connectivity index (χ0n) is 13.3. The van der Waals surface area contributed by atoms with E-state index >= 15 is 0 Å². The quantitative estimate of drug-likeness (QED) is 0.864. The number of para-hydroxylation sites is 2. The fourth-order valence-corrected chi connectivity index (χ4v) is 3.69. The number of hydrogen-bond acceptors (Lipinski definition) is 2. The van der Waals surface area contributed by atoms with Crippen LogP contribution in [-0.2, 0) is 0 Å². The summed E-state index contributed by atoms with van der Waals surface area (Å²) >= 11 is 0. The van der Waals surface area contributed by atoms with E-state index in [1.165, 1.54) is 12.1 Å². The summed E-state index contributed by atoms with van der Waals surface area (Å²) in [6.07, 6.45) is 2.36. The number of nitrogens with one attached hydrogen (secondary N) is 1. The molecule has 2 amide bonds. The molecule has 4 rings (SSSR count). The van der Waals surface area contributed by atoms with E-state index in [9.17, 15) is 4.79 Å². The van der Waals surface area contributed by atoms with E-state index in [4.69, 9.17) is 0 Å². The molecule has 2 aliphatic heterocycles. The van der Waals surface area contributed by atoms with Gasteiger partial charge in [-0.05, 0) is 49.6 Å². The summed E-state index contributed by atoms with van der Waals surface area (Å²) in [6.45, 7) is 3.88. The molecule has 1 fully saturated rings. The maximum absolute atomic E-state index is 12.8. The minimum absolute atomic E-state index is 0.0467. The molecule has 2 aromatic rings. The van der Waals surface area contributed by atoms with Crippen molar-refractivity contribution in [3.8, 4) is 0 Å². The summed E-state index contributed by atoms with van der Waals surface area (Å²) in [5, 5.41) is 3.04. The number of urea groups is 1. The highest BCUT2D eigenvalue weighted by atomic mass is 16.2. The molecule has 118 valence electrons. The van der Waals surface area contributed by atoms with Crippen molar-refractivity contribution >= 4 is 23.1 Å². The first-order chi connectivity index (χ1) is 11.2. The summed E-state index contributed by atoms with van der Waals surface area (Å²) in [4.78, 5) is 17.2. The van der Waals surface area contributed by atoms with Gasteiger partial charge in [-0.3, -0.25) is 4.90 Å². The smallest absolute Gasteiger partial charge is 0.326 e. The number of carbonyl (C=O) groups excluding carboxylic acids is 1. The van der Waals surface area contributed by atoms with E-state index in [1.54, 1.807) is 0 Å². The second-order valence-electron chi connectivity index (χ2n) is 6.39. The SMILES string of the molecule is Cc1cccc(NC(=O)N2CC3CCCN3c3ccccc32)c1. The first-order valence-corrected chi connectivity index (χ1v) is 8.23. The fourth-order valence-electron chi connectivity index (χ4n) is 3.69. The molecule has 2 aromatic carbocycles. The molecule has 4 heteroatoms. The van der Waals surface area contributed by atoms with Gasteiger partial charge in [0.15, 0.2) is 0 Å². The molecule has 0 radical (unpaired) electrons. The van der Waals surface area contributed by atoms with E-state index in [-0.39, 0.29) is 6.03 Å². The number of aryl methyl sites for hydroxylation is 1. The number of nitrogens with zero attached hydrogens (tertiary/aromatic N) is 2. The van der Waals surface area contributed by atoms with Gasteiger partial charge in [0.1, 0.15) is 0 Å². The Morgan fingerprint density at radius 2 is 1.96 bits per heavy atom. The van der Waals surface area contributed by atoms with Crippen LogP contribution in [-0.4, -0.2) is 25.2 Å². The molecule has 2 aliphatic rings. The largest absolute Gasteiger partial charge is 0.365 e. The molecule has 23 heavy (non-hydrogen) atoms. The van der Waals surface area contributed by atoms with Gasteiger partial charge in [0, 0.05) is 24.8 Å². The Kier molecular flexibility index (Phi) is 3.45. The number of benzene rings is 2. The molecule has 1 atom stereocenters. The highest BCUT2D eigenvalue weighted by Crippen LogP contribution is 2.39. The van der Waals surface area contributed by atoms with E-state index in [2.05, 4.69) is 22.3 Å². The minimum Gasteiger partial charge on any atom is -0.365 e. The first kappa shape index (κ1) is 14.1. The average Bonchev–Trinajstić information content (AvgIpc) is 3.03. The van der Waals surface area contributed by atoms with Gasteiger partial charge in [-0.2, -0.15) is 0 Å². The van der Waals surface area contributed by atoms with Gasteiger partial charge in [-0.25, -0.2) is 4.79 Å². The molecule has 0 aromatic heterocycles. The first-order valence-electron chi connectivity index (χ1n) is 8.23. The predicted octanol–water partition coefficient (Wildman–Crippen LogP) is 4.02. The summed E-state index contributed by atoms with van der Waals surface area (Å²) < 4.78 is 0. The molecule has 4 nitrogen and oxygen atoms in total. The lowest BCUT2D eigenvalue weighted by molar-refractivity contribution is 0.256. The molecule has 2 heterocycles. The second kappa shape index (κ2) is 5.61. The third-order valence-electron chi connectivity index (χ3n) is 4.77. The topological polar surface area (TPSA) is 35.6 Å². The van der Waals surface area contributed by atoms with Crippen molar-refractivity contribution in [3.05, 3.63) is 54.1 Å². The van der Waals surface area contributed by atoms with Gasteiger partial charge in [0.05, 0.1) is 11.4 Å². The molecule has 1 saturated heterocycles. The van der Waals surface area contributed by atoms with Gasteiger partial charge in [0.2, 0.25) is 0 Å². The lowest BCUT2D eigenvalue weighted by atomic mass is 10.1. The third kappa shape index (κ3) is 2.54. The van der Waals surface area contributed by atoms with Crippen molar-refractivity contribution in [3.63, 3.8) is 0 Å². The van der Waals surface area contributed by atoms with Crippen molar-refractivity contribution in [2.24, 2.45) is 0 Å². The molecule has 0 aliphatic carbocycles. The number of rotatable bonds is 1. The van der Waals surface area contributed by atoms with Crippen molar-refractivity contribution in [2.75, 3.05) is 28.2 Å². The number of hydrogen-bond donors (Lipinski definition) is 1. The standard InChI is InChI=1S/C19H21N3O/c1-14-6-4-7-15(12-14)20-19(23)22-13-16-8-5-11-21(16)17-9-2-3-10-18(17)22/h2-4,6-7,9-10,12,16H,5,8,11,13H2,1H3,(H,20,23). The fraction of sp³-hybridized carbons (Fsp3) is 0.316. The van der Waals surface area contributed by atoms with Crippen LogP contribution in [0.25, 0.3) is 0 Å². The van der Waals surface area contributed by atoms with Crippen molar-refractivity contribution < 1.29 is 4.79 Å². The molecule has 0 saturated carbocycles. The highest BCUT2D eigenvalue weighted by molar-refractivity contribution is 6.04. The van der Waals surface area contributed by atoms with Crippen LogP contribution in [0.1, 0.15) is 18.4 Å². The van der Waals surface area contributed by atoms with Gasteiger partial charge < -0.3 is 10.2 Å². The Labute approximate surface area is 136 Å². The maximum atomic E-state index is 12.8. The van der Waals surface area contributed by atoms with Crippen LogP contribution in [0.2, 0.25) is 0 Å². The zero-order chi connectivity index (χ0) is 15.8. The second-order valence-corrected chi connectivity index (χ2v) is 6.39. The Hall–Kier alpha value is -2.49. The Bertz CT molecular complexity index is 743. The summed E-state index contributed by atoms with van der Waals surface area (Å²) in [6, 6.07) is 16.5. The van der Waals surface area contributed by atoms with Crippen molar-refractivity contribution in [1.29, 1.82) is 0 Å². The lowest BCUT2D eigenvalue weighted by Crippen LogP contribution is -2.49. The molecule has 0 spiro atoms. The van der Waals surface area contributed by atoms with Crippen LogP contribution in [0.15, 0.2) is 48.5 Å². The van der Waals surface area contributed by atoms with Gasteiger partial charge in [0.25, 0.3) is 0 Å². The summed E-state index contributed by atoms with van der Waals surface area (Å²) in [5.41, 5.74) is 4.18. The van der Waals surface area contributed by atoms with Crippen molar-refractivity contribution in [2.45, 2.75) is 25.8 Å². The number of anilines is 3. The monoisotopic (exact) mass is 307 g/mol. The van der Waals surface area contributed by atoms with E-state index in [0.717, 1.165) is 36.4 Å². The summed E-state index contributed by atoms with van der Waals surface area (Å²) in [5.74, 6) is 0. The number of carbonyl (C=O) groups is 1. The van der Waals surface area contributed by atoms with Gasteiger partial charge in [-0.1, -0.05) is 24.3 Å². The van der Waals surface area contributed by atoms with Crippen LogP contribution < -0.4 is 15.1 Å². The minimum atomic E-state index is -0.0467. The molecule has 0 bridgehead atoms. The molecule has 1 unspecified atom stereocenters. The highest BCUT2D eigenvalue weighted by Gasteiger charge is 2.36. The molecule has 1 N–H and O–H groups in total.